The van der Waals surface area contributed by atoms with Crippen LogP contribution in [0.25, 0.3) is 0 Å². The topological polar surface area (TPSA) is 94.1 Å². The third-order valence-electron chi connectivity index (χ3n) is 3.82. The van der Waals surface area contributed by atoms with Crippen LogP contribution in [0.1, 0.15) is 18.4 Å². The smallest absolute Gasteiger partial charge is 0.319 e. The standard InChI is InChI=1S/C15H19NO6/c1-20-10-5-4-9(11(21-2)12(10)22-3)8-16-13(17)15(6-7-15)14(18)19/h4-5H,6-8H2,1-3H3,(H,16,17)(H,18,19). The van der Waals surface area contributed by atoms with Crippen molar-refractivity contribution < 1.29 is 28.9 Å². The van der Waals surface area contributed by atoms with Crippen molar-refractivity contribution in [2.45, 2.75) is 19.4 Å². The van der Waals surface area contributed by atoms with E-state index in [9.17, 15) is 9.59 Å². The molecular weight excluding hydrogens is 290 g/mol. The minimum Gasteiger partial charge on any atom is -0.493 e. The van der Waals surface area contributed by atoms with E-state index < -0.39 is 17.3 Å². The summed E-state index contributed by atoms with van der Waals surface area (Å²) in [5.41, 5.74) is -0.584. The predicted octanol–water partition coefficient (Wildman–Crippen LogP) is 1.19. The zero-order valence-electron chi connectivity index (χ0n) is 12.8. The second kappa shape index (κ2) is 6.13. The van der Waals surface area contributed by atoms with Gasteiger partial charge in [0.05, 0.1) is 21.3 Å². The average molecular weight is 309 g/mol. The first-order valence-electron chi connectivity index (χ1n) is 6.79. The molecule has 1 fully saturated rings. The second-order valence-electron chi connectivity index (χ2n) is 5.06. The fraction of sp³-hybridized carbons (Fsp3) is 0.467. The van der Waals surface area contributed by atoms with Crippen molar-refractivity contribution in [2.75, 3.05) is 21.3 Å². The summed E-state index contributed by atoms with van der Waals surface area (Å²) in [6.45, 7) is 0.150. The van der Waals surface area contributed by atoms with Crippen LogP contribution in [0.4, 0.5) is 0 Å². The van der Waals surface area contributed by atoms with Gasteiger partial charge in [0.25, 0.3) is 0 Å². The van der Waals surface area contributed by atoms with E-state index in [1.807, 2.05) is 0 Å². The van der Waals surface area contributed by atoms with Crippen molar-refractivity contribution in [1.82, 2.24) is 5.32 Å². The first-order chi connectivity index (χ1) is 10.5. The number of carboxylic acid groups (broad SMARTS) is 1. The normalized spacial score (nSPS) is 14.9. The van der Waals surface area contributed by atoms with Crippen molar-refractivity contribution >= 4 is 11.9 Å². The highest BCUT2D eigenvalue weighted by molar-refractivity contribution is 6.04. The van der Waals surface area contributed by atoms with Crippen LogP contribution in [0, 0.1) is 5.41 Å². The van der Waals surface area contributed by atoms with Gasteiger partial charge in [-0.3, -0.25) is 9.59 Å². The van der Waals surface area contributed by atoms with Crippen LogP contribution >= 0.6 is 0 Å². The molecule has 1 amide bonds. The van der Waals surface area contributed by atoms with Gasteiger partial charge in [-0.15, -0.1) is 0 Å². The first kappa shape index (κ1) is 15.9. The lowest BCUT2D eigenvalue weighted by Gasteiger charge is -2.17. The van der Waals surface area contributed by atoms with Crippen LogP contribution in [0.3, 0.4) is 0 Å². The Labute approximate surface area is 128 Å². The van der Waals surface area contributed by atoms with E-state index >= 15 is 0 Å². The van der Waals surface area contributed by atoms with Gasteiger partial charge >= 0.3 is 5.97 Å². The molecule has 0 radical (unpaired) electrons. The molecule has 7 heteroatoms. The Morgan fingerprint density at radius 3 is 2.23 bits per heavy atom. The summed E-state index contributed by atoms with van der Waals surface area (Å²) in [5, 5.41) is 11.8. The summed E-state index contributed by atoms with van der Waals surface area (Å²) in [7, 11) is 4.50. The number of carbonyl (C=O) groups is 2. The molecular formula is C15H19NO6. The maximum absolute atomic E-state index is 12.0. The molecule has 0 saturated heterocycles. The Morgan fingerprint density at radius 2 is 1.77 bits per heavy atom. The third-order valence-corrected chi connectivity index (χ3v) is 3.82. The molecule has 1 saturated carbocycles. The third kappa shape index (κ3) is 2.66. The lowest BCUT2D eigenvalue weighted by molar-refractivity contribution is -0.149. The fourth-order valence-corrected chi connectivity index (χ4v) is 2.31. The van der Waals surface area contributed by atoms with E-state index in [1.54, 1.807) is 12.1 Å². The molecule has 2 N–H and O–H groups in total. The number of amides is 1. The zero-order chi connectivity index (χ0) is 16.3. The van der Waals surface area contributed by atoms with Gasteiger partial charge in [-0.2, -0.15) is 0 Å². The SMILES string of the molecule is COc1ccc(CNC(=O)C2(C(=O)O)CC2)c(OC)c1OC. The second-order valence-corrected chi connectivity index (χ2v) is 5.06. The molecule has 0 atom stereocenters. The van der Waals surface area contributed by atoms with Crippen LogP contribution in [0.5, 0.6) is 17.2 Å². The Balaban J connectivity index is 2.17. The van der Waals surface area contributed by atoms with Crippen molar-refractivity contribution in [3.63, 3.8) is 0 Å². The first-order valence-corrected chi connectivity index (χ1v) is 6.79. The highest BCUT2D eigenvalue weighted by atomic mass is 16.5. The van der Waals surface area contributed by atoms with Crippen molar-refractivity contribution in [3.8, 4) is 17.2 Å². The zero-order valence-corrected chi connectivity index (χ0v) is 12.8. The predicted molar refractivity (Wildman–Crippen MR) is 77.2 cm³/mol. The Morgan fingerprint density at radius 1 is 1.14 bits per heavy atom. The molecule has 0 aromatic heterocycles. The number of aliphatic carboxylic acids is 1. The summed E-state index contributed by atoms with van der Waals surface area (Å²) in [6.07, 6.45) is 0.745. The summed E-state index contributed by atoms with van der Waals surface area (Å²) < 4.78 is 15.8. The van der Waals surface area contributed by atoms with Gasteiger partial charge in [0, 0.05) is 12.1 Å². The minimum absolute atomic E-state index is 0.150. The minimum atomic E-state index is -1.26. The Bertz CT molecular complexity index is 594. The molecule has 1 aliphatic rings. The number of ether oxygens (including phenoxy) is 3. The molecule has 22 heavy (non-hydrogen) atoms. The van der Waals surface area contributed by atoms with Gasteiger partial charge in [0.2, 0.25) is 11.7 Å². The van der Waals surface area contributed by atoms with E-state index in [4.69, 9.17) is 19.3 Å². The van der Waals surface area contributed by atoms with Gasteiger partial charge in [-0.25, -0.2) is 0 Å². The maximum Gasteiger partial charge on any atom is 0.319 e. The van der Waals surface area contributed by atoms with Crippen LogP contribution in [-0.4, -0.2) is 38.3 Å². The number of nitrogens with one attached hydrogen (secondary N) is 1. The van der Waals surface area contributed by atoms with Crippen LogP contribution < -0.4 is 19.5 Å². The average Bonchev–Trinajstić information content (AvgIpc) is 3.33. The van der Waals surface area contributed by atoms with Gasteiger partial charge in [-0.05, 0) is 25.0 Å². The van der Waals surface area contributed by atoms with Gasteiger partial charge in [-0.1, -0.05) is 0 Å². The number of rotatable bonds is 7. The van der Waals surface area contributed by atoms with Gasteiger partial charge in [0.15, 0.2) is 11.5 Å². The molecule has 0 aliphatic heterocycles. The lowest BCUT2D eigenvalue weighted by Crippen LogP contribution is -2.36. The molecule has 0 spiro atoms. The quantitative estimate of drug-likeness (QED) is 0.735. The molecule has 1 aromatic carbocycles. The van der Waals surface area contributed by atoms with E-state index in [1.165, 1.54) is 21.3 Å². The Hall–Kier alpha value is -2.44. The van der Waals surface area contributed by atoms with E-state index in [0.29, 0.717) is 35.7 Å². The molecule has 120 valence electrons. The summed E-state index contributed by atoms with van der Waals surface area (Å²) in [6, 6.07) is 3.44. The van der Waals surface area contributed by atoms with Crippen LogP contribution in [-0.2, 0) is 16.1 Å². The van der Waals surface area contributed by atoms with Crippen molar-refractivity contribution in [1.29, 1.82) is 0 Å². The molecule has 0 unspecified atom stereocenters. The number of benzene rings is 1. The summed E-state index contributed by atoms with van der Waals surface area (Å²) in [5.74, 6) is -0.168. The highest BCUT2D eigenvalue weighted by Gasteiger charge is 2.56. The van der Waals surface area contributed by atoms with Crippen molar-refractivity contribution in [3.05, 3.63) is 17.7 Å². The number of hydrogen-bond donors (Lipinski definition) is 2. The highest BCUT2D eigenvalue weighted by Crippen LogP contribution is 2.46. The fourth-order valence-electron chi connectivity index (χ4n) is 2.31. The van der Waals surface area contributed by atoms with E-state index in [0.717, 1.165) is 0 Å². The molecule has 0 heterocycles. The number of hydrogen-bond acceptors (Lipinski definition) is 5. The largest absolute Gasteiger partial charge is 0.493 e. The molecule has 1 aliphatic carbocycles. The molecule has 2 rings (SSSR count). The molecule has 0 bridgehead atoms. The maximum atomic E-state index is 12.0. The molecule has 1 aromatic rings. The van der Waals surface area contributed by atoms with Gasteiger partial charge in [0.1, 0.15) is 5.41 Å². The molecule has 7 nitrogen and oxygen atoms in total. The van der Waals surface area contributed by atoms with Crippen molar-refractivity contribution in [2.24, 2.45) is 5.41 Å². The summed E-state index contributed by atoms with van der Waals surface area (Å²) in [4.78, 5) is 23.2. The Kier molecular flexibility index (Phi) is 4.44. The summed E-state index contributed by atoms with van der Waals surface area (Å²) >= 11 is 0. The van der Waals surface area contributed by atoms with Crippen LogP contribution in [0.15, 0.2) is 12.1 Å². The lowest BCUT2D eigenvalue weighted by atomic mass is 10.1. The van der Waals surface area contributed by atoms with E-state index in [2.05, 4.69) is 5.32 Å². The van der Waals surface area contributed by atoms with E-state index in [-0.39, 0.29) is 6.54 Å². The van der Waals surface area contributed by atoms with Crippen LogP contribution in [0.2, 0.25) is 0 Å². The number of carbonyl (C=O) groups excluding carboxylic acids is 1. The number of carboxylic acids is 1. The number of methoxy groups -OCH3 is 3. The van der Waals surface area contributed by atoms with Gasteiger partial charge < -0.3 is 24.6 Å². The monoisotopic (exact) mass is 309 g/mol.